The summed E-state index contributed by atoms with van der Waals surface area (Å²) in [6.45, 7) is 5.55. The number of nitrogens with zero attached hydrogens (tertiary/aromatic N) is 1. The number of nitrogens with one attached hydrogen (secondary N) is 2. The number of hydrogen-bond donors (Lipinski definition) is 2. The molecule has 3 rings (SSSR count). The maximum Gasteiger partial charge on any atom is 0.238 e. The Kier molecular flexibility index (Phi) is 4.48. The Morgan fingerprint density at radius 1 is 1.48 bits per heavy atom. The van der Waals surface area contributed by atoms with Crippen LogP contribution in [0.15, 0.2) is 18.2 Å². The fourth-order valence-electron chi connectivity index (χ4n) is 3.39. The Morgan fingerprint density at radius 3 is 3.14 bits per heavy atom. The molecule has 1 aromatic carbocycles. The molecule has 0 unspecified atom stereocenters. The molecule has 2 aliphatic rings. The summed E-state index contributed by atoms with van der Waals surface area (Å²) in [6.07, 6.45) is 2.53. The van der Waals surface area contributed by atoms with E-state index in [2.05, 4.69) is 15.5 Å². The van der Waals surface area contributed by atoms with Crippen LogP contribution in [0.1, 0.15) is 18.4 Å². The standard InChI is InChI=1S/C16H22ClN3O/c1-11-4-5-13(17)7-14(11)19-16(21)10-20-8-12-3-2-6-18-15(12)9-20/h4-5,7,12,15,18H,2-3,6,8-10H2,1H3,(H,19,21)/t12-,15+/m0/s1. The Hall–Kier alpha value is -1.10. The smallest absolute Gasteiger partial charge is 0.238 e. The van der Waals surface area contributed by atoms with Crippen molar-refractivity contribution in [2.45, 2.75) is 25.8 Å². The number of amides is 1. The molecule has 1 amide bonds. The summed E-state index contributed by atoms with van der Waals surface area (Å²) in [5, 5.41) is 7.18. The summed E-state index contributed by atoms with van der Waals surface area (Å²) in [5.41, 5.74) is 1.84. The van der Waals surface area contributed by atoms with Crippen molar-refractivity contribution in [1.29, 1.82) is 0 Å². The van der Waals surface area contributed by atoms with Crippen LogP contribution in [0.5, 0.6) is 0 Å². The topological polar surface area (TPSA) is 44.4 Å². The highest BCUT2D eigenvalue weighted by Crippen LogP contribution is 2.25. The molecule has 0 radical (unpaired) electrons. The summed E-state index contributed by atoms with van der Waals surface area (Å²) in [5.74, 6) is 0.749. The average Bonchev–Trinajstić information content (AvgIpc) is 2.84. The number of benzene rings is 1. The van der Waals surface area contributed by atoms with Gasteiger partial charge in [0.25, 0.3) is 0 Å². The lowest BCUT2D eigenvalue weighted by atomic mass is 9.94. The molecule has 0 bridgehead atoms. The second-order valence-corrected chi connectivity index (χ2v) is 6.60. The first-order valence-corrected chi connectivity index (χ1v) is 8.01. The fraction of sp³-hybridized carbons (Fsp3) is 0.562. The van der Waals surface area contributed by atoms with Crippen LogP contribution in [0.4, 0.5) is 5.69 Å². The van der Waals surface area contributed by atoms with E-state index in [9.17, 15) is 4.79 Å². The maximum atomic E-state index is 12.2. The molecule has 114 valence electrons. The Bertz CT molecular complexity index is 520. The molecule has 4 nitrogen and oxygen atoms in total. The number of likely N-dealkylation sites (tertiary alicyclic amines) is 1. The first kappa shape index (κ1) is 14.8. The van der Waals surface area contributed by atoms with E-state index in [1.165, 1.54) is 12.8 Å². The van der Waals surface area contributed by atoms with Crippen molar-refractivity contribution in [2.75, 3.05) is 31.5 Å². The third-order valence-corrected chi connectivity index (χ3v) is 4.75. The van der Waals surface area contributed by atoms with Crippen molar-refractivity contribution in [1.82, 2.24) is 10.2 Å². The molecule has 2 aliphatic heterocycles. The van der Waals surface area contributed by atoms with Crippen LogP contribution in [0.3, 0.4) is 0 Å². The zero-order chi connectivity index (χ0) is 14.8. The number of hydrogen-bond acceptors (Lipinski definition) is 3. The van der Waals surface area contributed by atoms with E-state index in [-0.39, 0.29) is 5.91 Å². The molecule has 1 aromatic rings. The highest BCUT2D eigenvalue weighted by molar-refractivity contribution is 6.31. The molecule has 2 fully saturated rings. The molecule has 0 saturated carbocycles. The van der Waals surface area contributed by atoms with Crippen molar-refractivity contribution in [3.63, 3.8) is 0 Å². The van der Waals surface area contributed by atoms with E-state index in [1.54, 1.807) is 6.07 Å². The fourth-order valence-corrected chi connectivity index (χ4v) is 3.56. The van der Waals surface area contributed by atoms with Crippen LogP contribution in [0.25, 0.3) is 0 Å². The molecular weight excluding hydrogens is 286 g/mol. The molecule has 2 N–H and O–H groups in total. The number of carbonyl (C=O) groups is 1. The minimum atomic E-state index is 0.0408. The van der Waals surface area contributed by atoms with Gasteiger partial charge in [-0.1, -0.05) is 17.7 Å². The Labute approximate surface area is 130 Å². The van der Waals surface area contributed by atoms with Crippen molar-refractivity contribution in [3.8, 4) is 0 Å². The number of aryl methyl sites for hydroxylation is 1. The minimum Gasteiger partial charge on any atom is -0.325 e. The normalized spacial score (nSPS) is 25.6. The van der Waals surface area contributed by atoms with E-state index in [1.807, 2.05) is 19.1 Å². The summed E-state index contributed by atoms with van der Waals surface area (Å²) in [6, 6.07) is 6.13. The molecule has 21 heavy (non-hydrogen) atoms. The van der Waals surface area contributed by atoms with Crippen molar-refractivity contribution in [2.24, 2.45) is 5.92 Å². The van der Waals surface area contributed by atoms with Crippen LogP contribution in [0, 0.1) is 12.8 Å². The number of fused-ring (bicyclic) bond motifs is 1. The van der Waals surface area contributed by atoms with Gasteiger partial charge in [0.2, 0.25) is 5.91 Å². The molecule has 0 aliphatic carbocycles. The first-order chi connectivity index (χ1) is 10.1. The minimum absolute atomic E-state index is 0.0408. The summed E-state index contributed by atoms with van der Waals surface area (Å²) in [7, 11) is 0. The van der Waals surface area contributed by atoms with Gasteiger partial charge >= 0.3 is 0 Å². The Balaban J connectivity index is 1.56. The van der Waals surface area contributed by atoms with Gasteiger partial charge < -0.3 is 10.6 Å². The van der Waals surface area contributed by atoms with Gasteiger partial charge in [0.1, 0.15) is 0 Å². The highest BCUT2D eigenvalue weighted by Gasteiger charge is 2.34. The number of carbonyl (C=O) groups excluding carboxylic acids is 1. The summed E-state index contributed by atoms with van der Waals surface area (Å²) >= 11 is 5.98. The van der Waals surface area contributed by atoms with Crippen LogP contribution in [0.2, 0.25) is 5.02 Å². The van der Waals surface area contributed by atoms with E-state index in [0.717, 1.165) is 30.9 Å². The van der Waals surface area contributed by atoms with Gasteiger partial charge in [0.15, 0.2) is 0 Å². The van der Waals surface area contributed by atoms with Crippen molar-refractivity contribution < 1.29 is 4.79 Å². The molecular formula is C16H22ClN3O. The lowest BCUT2D eigenvalue weighted by Crippen LogP contribution is -2.41. The zero-order valence-electron chi connectivity index (χ0n) is 12.4. The van der Waals surface area contributed by atoms with Crippen molar-refractivity contribution >= 4 is 23.2 Å². The molecule has 2 saturated heterocycles. The quantitative estimate of drug-likeness (QED) is 0.900. The van der Waals surface area contributed by atoms with Crippen LogP contribution >= 0.6 is 11.6 Å². The van der Waals surface area contributed by atoms with E-state index < -0.39 is 0 Å². The Morgan fingerprint density at radius 2 is 2.33 bits per heavy atom. The number of halogens is 1. The molecule has 0 spiro atoms. The van der Waals surface area contributed by atoms with Gasteiger partial charge in [0.05, 0.1) is 6.54 Å². The molecule has 0 aromatic heterocycles. The largest absolute Gasteiger partial charge is 0.325 e. The second kappa shape index (κ2) is 6.34. The second-order valence-electron chi connectivity index (χ2n) is 6.16. The molecule has 5 heteroatoms. The van der Waals surface area contributed by atoms with E-state index in [0.29, 0.717) is 23.5 Å². The highest BCUT2D eigenvalue weighted by atomic mass is 35.5. The predicted octanol–water partition coefficient (Wildman–Crippen LogP) is 2.27. The zero-order valence-corrected chi connectivity index (χ0v) is 13.1. The number of piperidine rings is 1. The number of anilines is 1. The number of rotatable bonds is 3. The molecule has 2 heterocycles. The first-order valence-electron chi connectivity index (χ1n) is 7.63. The average molecular weight is 308 g/mol. The van der Waals surface area contributed by atoms with Gasteiger partial charge in [-0.15, -0.1) is 0 Å². The van der Waals surface area contributed by atoms with Crippen LogP contribution < -0.4 is 10.6 Å². The lowest BCUT2D eigenvalue weighted by molar-refractivity contribution is -0.117. The summed E-state index contributed by atoms with van der Waals surface area (Å²) < 4.78 is 0. The van der Waals surface area contributed by atoms with E-state index in [4.69, 9.17) is 11.6 Å². The SMILES string of the molecule is Cc1ccc(Cl)cc1NC(=O)CN1C[C@@H]2CCCN[C@@H]2C1. The molecule has 2 atom stereocenters. The third-order valence-electron chi connectivity index (χ3n) is 4.52. The van der Waals surface area contributed by atoms with Crippen LogP contribution in [-0.4, -0.2) is 43.0 Å². The van der Waals surface area contributed by atoms with Gasteiger partial charge in [-0.2, -0.15) is 0 Å². The monoisotopic (exact) mass is 307 g/mol. The summed E-state index contributed by atoms with van der Waals surface area (Å²) in [4.78, 5) is 14.5. The van der Waals surface area contributed by atoms with E-state index >= 15 is 0 Å². The lowest BCUT2D eigenvalue weighted by Gasteiger charge is -2.24. The third kappa shape index (κ3) is 3.57. The van der Waals surface area contributed by atoms with Gasteiger partial charge in [0, 0.05) is 29.8 Å². The predicted molar refractivity (Wildman–Crippen MR) is 85.8 cm³/mol. The van der Waals surface area contributed by atoms with Gasteiger partial charge in [-0.25, -0.2) is 0 Å². The maximum absolute atomic E-state index is 12.2. The van der Waals surface area contributed by atoms with Crippen molar-refractivity contribution in [3.05, 3.63) is 28.8 Å². The van der Waals surface area contributed by atoms with Gasteiger partial charge in [-0.05, 0) is 49.9 Å². The van der Waals surface area contributed by atoms with Gasteiger partial charge in [-0.3, -0.25) is 9.69 Å². The van der Waals surface area contributed by atoms with Crippen LogP contribution in [-0.2, 0) is 4.79 Å².